The van der Waals surface area contributed by atoms with Crippen LogP contribution in [0.3, 0.4) is 0 Å². The molecule has 0 radical (unpaired) electrons. The van der Waals surface area contributed by atoms with Gasteiger partial charge >= 0.3 is 0 Å². The summed E-state index contributed by atoms with van der Waals surface area (Å²) >= 11 is 0. The van der Waals surface area contributed by atoms with Gasteiger partial charge in [0.15, 0.2) is 0 Å². The van der Waals surface area contributed by atoms with E-state index >= 15 is 0 Å². The Morgan fingerprint density at radius 1 is 1.28 bits per heavy atom. The number of rotatable bonds is 4. The van der Waals surface area contributed by atoms with Crippen LogP contribution in [-0.2, 0) is 6.54 Å². The van der Waals surface area contributed by atoms with Gasteiger partial charge in [0.2, 0.25) is 0 Å². The van der Waals surface area contributed by atoms with Crippen LogP contribution >= 0.6 is 12.4 Å². The molecule has 3 heteroatoms. The average molecular weight is 269 g/mol. The largest absolute Gasteiger partial charge is 0.319 e. The van der Waals surface area contributed by atoms with Gasteiger partial charge in [0.25, 0.3) is 0 Å². The molecule has 2 nitrogen and oxygen atoms in total. The van der Waals surface area contributed by atoms with E-state index in [1.165, 1.54) is 36.2 Å². The van der Waals surface area contributed by atoms with Crippen LogP contribution < -0.4 is 5.32 Å². The number of benzene rings is 1. The highest BCUT2D eigenvalue weighted by Gasteiger charge is 2.22. The molecule has 1 aromatic carbocycles. The van der Waals surface area contributed by atoms with Crippen molar-refractivity contribution in [1.29, 1.82) is 0 Å². The van der Waals surface area contributed by atoms with Crippen molar-refractivity contribution in [2.24, 2.45) is 5.92 Å². The SMILES string of the molecule is CNCC1CCN(Cc2c(C)cccc2C)C1.Cl. The fraction of sp³-hybridized carbons (Fsp3) is 0.600. The van der Waals surface area contributed by atoms with Crippen molar-refractivity contribution in [3.63, 3.8) is 0 Å². The van der Waals surface area contributed by atoms with Gasteiger partial charge < -0.3 is 5.32 Å². The molecule has 1 aliphatic rings. The maximum absolute atomic E-state index is 3.29. The van der Waals surface area contributed by atoms with E-state index in [9.17, 15) is 0 Å². The third-order valence-electron chi connectivity index (χ3n) is 3.89. The second kappa shape index (κ2) is 7.13. The van der Waals surface area contributed by atoms with Gasteiger partial charge in [-0.2, -0.15) is 0 Å². The molecule has 1 atom stereocenters. The third kappa shape index (κ3) is 3.71. The molecule has 1 heterocycles. The normalized spacial score (nSPS) is 19.8. The third-order valence-corrected chi connectivity index (χ3v) is 3.89. The number of hydrogen-bond acceptors (Lipinski definition) is 2. The van der Waals surface area contributed by atoms with Crippen LogP contribution in [0.2, 0.25) is 0 Å². The molecule has 18 heavy (non-hydrogen) atoms. The van der Waals surface area contributed by atoms with Gasteiger partial charge in [-0.25, -0.2) is 0 Å². The van der Waals surface area contributed by atoms with Gasteiger partial charge in [-0.05, 0) is 63.0 Å². The van der Waals surface area contributed by atoms with E-state index in [2.05, 4.69) is 42.3 Å². The Hall–Kier alpha value is -0.570. The quantitative estimate of drug-likeness (QED) is 0.903. The van der Waals surface area contributed by atoms with Gasteiger partial charge in [-0.15, -0.1) is 12.4 Å². The van der Waals surface area contributed by atoms with Crippen LogP contribution in [-0.4, -0.2) is 31.6 Å². The Balaban J connectivity index is 0.00000162. The highest BCUT2D eigenvalue weighted by Crippen LogP contribution is 2.21. The molecule has 1 N–H and O–H groups in total. The molecule has 0 amide bonds. The summed E-state index contributed by atoms with van der Waals surface area (Å²) in [6.07, 6.45) is 1.34. The number of nitrogens with one attached hydrogen (secondary N) is 1. The van der Waals surface area contributed by atoms with Crippen molar-refractivity contribution >= 4 is 12.4 Å². The van der Waals surface area contributed by atoms with Gasteiger partial charge in [-0.1, -0.05) is 18.2 Å². The Morgan fingerprint density at radius 2 is 1.94 bits per heavy atom. The summed E-state index contributed by atoms with van der Waals surface area (Å²) in [6.45, 7) is 9.23. The first-order valence-corrected chi connectivity index (χ1v) is 6.62. The van der Waals surface area contributed by atoms with Gasteiger partial charge in [0, 0.05) is 13.1 Å². The summed E-state index contributed by atoms with van der Waals surface area (Å²) in [4.78, 5) is 2.59. The fourth-order valence-corrected chi connectivity index (χ4v) is 2.83. The second-order valence-corrected chi connectivity index (χ2v) is 5.32. The lowest BCUT2D eigenvalue weighted by molar-refractivity contribution is 0.314. The molecule has 0 aliphatic carbocycles. The van der Waals surface area contributed by atoms with Crippen LogP contribution in [0.1, 0.15) is 23.1 Å². The van der Waals surface area contributed by atoms with Crippen molar-refractivity contribution in [3.8, 4) is 0 Å². The highest BCUT2D eigenvalue weighted by molar-refractivity contribution is 5.85. The van der Waals surface area contributed by atoms with Crippen molar-refractivity contribution in [2.75, 3.05) is 26.7 Å². The topological polar surface area (TPSA) is 15.3 Å². The lowest BCUT2D eigenvalue weighted by atomic mass is 10.0. The minimum atomic E-state index is 0. The molecule has 0 saturated carbocycles. The highest BCUT2D eigenvalue weighted by atomic mass is 35.5. The van der Waals surface area contributed by atoms with Crippen molar-refractivity contribution in [2.45, 2.75) is 26.8 Å². The monoisotopic (exact) mass is 268 g/mol. The zero-order valence-electron chi connectivity index (χ0n) is 11.7. The Bertz CT molecular complexity index is 359. The van der Waals surface area contributed by atoms with E-state index in [0.29, 0.717) is 0 Å². The van der Waals surface area contributed by atoms with E-state index in [1.807, 2.05) is 7.05 Å². The number of aryl methyl sites for hydroxylation is 2. The Labute approximate surface area is 117 Å². The molecule has 2 rings (SSSR count). The second-order valence-electron chi connectivity index (χ2n) is 5.32. The Morgan fingerprint density at radius 3 is 2.56 bits per heavy atom. The van der Waals surface area contributed by atoms with Crippen LogP contribution in [0.15, 0.2) is 18.2 Å². The zero-order valence-corrected chi connectivity index (χ0v) is 12.5. The molecule has 1 aliphatic heterocycles. The summed E-state index contributed by atoms with van der Waals surface area (Å²) in [5, 5.41) is 3.29. The van der Waals surface area contributed by atoms with Gasteiger partial charge in [0.05, 0.1) is 0 Å². The van der Waals surface area contributed by atoms with Crippen molar-refractivity contribution < 1.29 is 0 Å². The number of nitrogens with zero attached hydrogens (tertiary/aromatic N) is 1. The molecule has 1 saturated heterocycles. The van der Waals surface area contributed by atoms with E-state index in [0.717, 1.165) is 19.0 Å². The van der Waals surface area contributed by atoms with E-state index in [1.54, 1.807) is 0 Å². The maximum Gasteiger partial charge on any atom is 0.0239 e. The minimum absolute atomic E-state index is 0. The van der Waals surface area contributed by atoms with Crippen LogP contribution in [0.25, 0.3) is 0 Å². The molecule has 1 fully saturated rings. The number of halogens is 1. The van der Waals surface area contributed by atoms with Crippen molar-refractivity contribution in [1.82, 2.24) is 10.2 Å². The number of likely N-dealkylation sites (tertiary alicyclic amines) is 1. The van der Waals surface area contributed by atoms with Gasteiger partial charge in [-0.3, -0.25) is 4.90 Å². The van der Waals surface area contributed by atoms with E-state index < -0.39 is 0 Å². The summed E-state index contributed by atoms with van der Waals surface area (Å²) in [5.41, 5.74) is 4.39. The smallest absolute Gasteiger partial charge is 0.0239 e. The first kappa shape index (κ1) is 15.5. The van der Waals surface area contributed by atoms with Crippen LogP contribution in [0.4, 0.5) is 0 Å². The van der Waals surface area contributed by atoms with Crippen LogP contribution in [0, 0.1) is 19.8 Å². The number of hydrogen-bond donors (Lipinski definition) is 1. The summed E-state index contributed by atoms with van der Waals surface area (Å²) in [6, 6.07) is 6.61. The molecular formula is C15H25ClN2. The predicted molar refractivity (Wildman–Crippen MR) is 80.5 cm³/mol. The average Bonchev–Trinajstić information content (AvgIpc) is 2.72. The Kier molecular flexibility index (Phi) is 6.13. The van der Waals surface area contributed by atoms with E-state index in [-0.39, 0.29) is 12.4 Å². The molecule has 0 aromatic heterocycles. The lowest BCUT2D eigenvalue weighted by Crippen LogP contribution is -2.24. The first-order valence-electron chi connectivity index (χ1n) is 6.62. The van der Waals surface area contributed by atoms with Crippen molar-refractivity contribution in [3.05, 3.63) is 34.9 Å². The molecule has 1 unspecified atom stereocenters. The molecule has 0 spiro atoms. The first-order chi connectivity index (χ1) is 8.20. The lowest BCUT2D eigenvalue weighted by Gasteiger charge is -2.19. The summed E-state index contributed by atoms with van der Waals surface area (Å²) in [7, 11) is 2.05. The maximum atomic E-state index is 3.29. The fourth-order valence-electron chi connectivity index (χ4n) is 2.83. The summed E-state index contributed by atoms with van der Waals surface area (Å²) in [5.74, 6) is 0.837. The zero-order chi connectivity index (χ0) is 12.3. The molecule has 0 bridgehead atoms. The standard InChI is InChI=1S/C15H24N2.ClH/c1-12-5-4-6-13(2)15(12)11-17-8-7-14(10-17)9-16-3;/h4-6,14,16H,7-11H2,1-3H3;1H. The molecule has 1 aromatic rings. The predicted octanol–water partition coefficient (Wildman–Crippen LogP) is 2.77. The summed E-state index contributed by atoms with van der Waals surface area (Å²) < 4.78 is 0. The van der Waals surface area contributed by atoms with Gasteiger partial charge in [0.1, 0.15) is 0 Å². The van der Waals surface area contributed by atoms with E-state index in [4.69, 9.17) is 0 Å². The molecule has 102 valence electrons. The molecular weight excluding hydrogens is 244 g/mol. The van der Waals surface area contributed by atoms with Crippen LogP contribution in [0.5, 0.6) is 0 Å². The minimum Gasteiger partial charge on any atom is -0.319 e.